The molecule has 8 heteroatoms. The van der Waals surface area contributed by atoms with Gasteiger partial charge in [0.25, 0.3) is 0 Å². The molecule has 6 nitrogen and oxygen atoms in total. The highest BCUT2D eigenvalue weighted by atomic mass is 19.1. The summed E-state index contributed by atoms with van der Waals surface area (Å²) in [4.78, 5) is 4.33. The van der Waals surface area contributed by atoms with Gasteiger partial charge >= 0.3 is 0 Å². The van der Waals surface area contributed by atoms with Gasteiger partial charge < -0.3 is 11.5 Å². The van der Waals surface area contributed by atoms with Crippen LogP contribution in [0.2, 0.25) is 0 Å². The van der Waals surface area contributed by atoms with E-state index in [1.807, 2.05) is 11.9 Å². The second-order valence-electron chi connectivity index (χ2n) is 7.07. The van der Waals surface area contributed by atoms with E-state index in [1.54, 1.807) is 0 Å². The number of aromatic nitrogens is 2. The van der Waals surface area contributed by atoms with Gasteiger partial charge in [0.2, 0.25) is 0 Å². The number of fused-ring (bicyclic) bond motifs is 1. The van der Waals surface area contributed by atoms with Crippen molar-refractivity contribution in [2.45, 2.75) is 37.6 Å². The molecule has 0 radical (unpaired) electrons. The van der Waals surface area contributed by atoms with Crippen LogP contribution in [-0.4, -0.2) is 45.7 Å². The number of H-pyrrole nitrogens is 1. The summed E-state index contributed by atoms with van der Waals surface area (Å²) in [6.07, 6.45) is 0.711. The molecular weight excluding hydrogens is 326 g/mol. The van der Waals surface area contributed by atoms with Crippen LogP contribution in [0.25, 0.3) is 0 Å². The number of benzene rings is 1. The fourth-order valence-electron chi connectivity index (χ4n) is 4.21. The van der Waals surface area contributed by atoms with Gasteiger partial charge in [0.1, 0.15) is 17.5 Å². The van der Waals surface area contributed by atoms with E-state index in [2.05, 4.69) is 15.1 Å². The van der Waals surface area contributed by atoms with E-state index < -0.39 is 11.6 Å². The third-order valence-corrected chi connectivity index (χ3v) is 5.42. The molecule has 25 heavy (non-hydrogen) atoms. The number of rotatable bonds is 2. The van der Waals surface area contributed by atoms with Crippen LogP contribution in [0.3, 0.4) is 0 Å². The maximum atomic E-state index is 14.2. The van der Waals surface area contributed by atoms with Crippen LogP contribution in [0.5, 0.6) is 0 Å². The van der Waals surface area contributed by atoms with Crippen molar-refractivity contribution in [1.29, 1.82) is 0 Å². The van der Waals surface area contributed by atoms with Gasteiger partial charge in [0, 0.05) is 42.8 Å². The molecule has 1 fully saturated rings. The number of nitrogens with two attached hydrogens (primary N) is 2. The van der Waals surface area contributed by atoms with Crippen molar-refractivity contribution in [2.24, 2.45) is 5.73 Å². The van der Waals surface area contributed by atoms with Gasteiger partial charge in [0.15, 0.2) is 0 Å². The molecule has 2 aliphatic rings. The van der Waals surface area contributed by atoms with E-state index in [1.165, 1.54) is 12.1 Å². The van der Waals surface area contributed by atoms with Crippen molar-refractivity contribution in [3.63, 3.8) is 0 Å². The number of anilines is 1. The van der Waals surface area contributed by atoms with Crippen molar-refractivity contribution in [1.82, 2.24) is 20.0 Å². The summed E-state index contributed by atoms with van der Waals surface area (Å²) in [7, 11) is 1.91. The SMILES string of the molecule is CN1C[C@H](N2Cc3[nH]nc(N)c3C2)C[C@H](N)C1c1cc(F)ccc1F. The molecule has 2 aliphatic heterocycles. The summed E-state index contributed by atoms with van der Waals surface area (Å²) in [6.45, 7) is 2.22. The van der Waals surface area contributed by atoms with E-state index >= 15 is 0 Å². The molecule has 5 N–H and O–H groups in total. The molecule has 134 valence electrons. The normalized spacial score (nSPS) is 27.6. The summed E-state index contributed by atoms with van der Waals surface area (Å²) in [5.74, 6) is -0.312. The molecule has 0 aliphatic carbocycles. The van der Waals surface area contributed by atoms with E-state index in [0.29, 0.717) is 17.8 Å². The molecule has 1 aromatic heterocycles. The maximum Gasteiger partial charge on any atom is 0.150 e. The average Bonchev–Trinajstić information content (AvgIpc) is 3.12. The number of halogens is 2. The number of hydrogen-bond acceptors (Lipinski definition) is 5. The number of piperidine rings is 1. The summed E-state index contributed by atoms with van der Waals surface area (Å²) < 4.78 is 27.8. The van der Waals surface area contributed by atoms with Crippen molar-refractivity contribution < 1.29 is 8.78 Å². The first kappa shape index (κ1) is 16.4. The Hall–Kier alpha value is -2.03. The number of likely N-dealkylation sites (tertiary alicyclic amines) is 1. The van der Waals surface area contributed by atoms with Crippen molar-refractivity contribution in [3.05, 3.63) is 46.7 Å². The number of nitrogen functional groups attached to an aromatic ring is 1. The molecule has 1 aromatic carbocycles. The highest BCUT2D eigenvalue weighted by Crippen LogP contribution is 2.35. The maximum absolute atomic E-state index is 14.2. The smallest absolute Gasteiger partial charge is 0.150 e. The van der Waals surface area contributed by atoms with Crippen LogP contribution in [0.1, 0.15) is 29.3 Å². The molecule has 3 heterocycles. The van der Waals surface area contributed by atoms with Gasteiger partial charge in [-0.05, 0) is 31.7 Å². The molecule has 0 spiro atoms. The molecule has 1 unspecified atom stereocenters. The third kappa shape index (κ3) is 2.80. The fraction of sp³-hybridized carbons (Fsp3) is 0.471. The Morgan fingerprint density at radius 1 is 1.28 bits per heavy atom. The Labute approximate surface area is 144 Å². The Kier molecular flexibility index (Phi) is 3.98. The Morgan fingerprint density at radius 2 is 2.08 bits per heavy atom. The number of nitrogens with zero attached hydrogens (tertiary/aromatic N) is 3. The van der Waals surface area contributed by atoms with Crippen molar-refractivity contribution in [3.8, 4) is 0 Å². The summed E-state index contributed by atoms with van der Waals surface area (Å²) in [5.41, 5.74) is 14.7. The molecule has 0 bridgehead atoms. The van der Waals surface area contributed by atoms with E-state index in [-0.39, 0.29) is 18.1 Å². The van der Waals surface area contributed by atoms with Crippen LogP contribution >= 0.6 is 0 Å². The van der Waals surface area contributed by atoms with Crippen LogP contribution in [0.4, 0.5) is 14.6 Å². The Balaban J connectivity index is 1.52. The van der Waals surface area contributed by atoms with Crippen LogP contribution < -0.4 is 11.5 Å². The summed E-state index contributed by atoms with van der Waals surface area (Å²) in [6, 6.07) is 3.16. The quantitative estimate of drug-likeness (QED) is 0.763. The zero-order valence-electron chi connectivity index (χ0n) is 14.0. The Bertz CT molecular complexity index is 779. The Morgan fingerprint density at radius 3 is 2.80 bits per heavy atom. The van der Waals surface area contributed by atoms with E-state index in [9.17, 15) is 8.78 Å². The monoisotopic (exact) mass is 348 g/mol. The lowest BCUT2D eigenvalue weighted by Crippen LogP contribution is -2.54. The van der Waals surface area contributed by atoms with Gasteiger partial charge in [-0.1, -0.05) is 0 Å². The molecule has 2 aromatic rings. The highest BCUT2D eigenvalue weighted by molar-refractivity contribution is 5.44. The average molecular weight is 348 g/mol. The fourth-order valence-corrected chi connectivity index (χ4v) is 4.21. The first-order valence-electron chi connectivity index (χ1n) is 8.40. The highest BCUT2D eigenvalue weighted by Gasteiger charge is 2.39. The van der Waals surface area contributed by atoms with Crippen LogP contribution in [0, 0.1) is 11.6 Å². The van der Waals surface area contributed by atoms with Gasteiger partial charge in [0.05, 0.1) is 11.7 Å². The predicted molar refractivity (Wildman–Crippen MR) is 90.4 cm³/mol. The largest absolute Gasteiger partial charge is 0.382 e. The molecular formula is C17H22F2N6. The number of aromatic amines is 1. The standard InChI is InChI=1S/C17H22F2N6/c1-24-6-10(25-7-12-15(8-25)22-23-17(12)21)5-14(20)16(24)11-4-9(18)2-3-13(11)19/h2-4,10,14,16H,5-8,20H2,1H3,(H3,21,22,23)/t10-,14+,16?/m1/s1. The van der Waals surface area contributed by atoms with Gasteiger partial charge in [-0.3, -0.25) is 14.9 Å². The number of hydrogen-bond donors (Lipinski definition) is 3. The first-order chi connectivity index (χ1) is 11.9. The molecule has 0 saturated carbocycles. The minimum atomic E-state index is -0.444. The lowest BCUT2D eigenvalue weighted by molar-refractivity contribution is 0.0587. The van der Waals surface area contributed by atoms with Gasteiger partial charge in [-0.25, -0.2) is 8.78 Å². The van der Waals surface area contributed by atoms with Crippen LogP contribution in [0.15, 0.2) is 18.2 Å². The van der Waals surface area contributed by atoms with Crippen molar-refractivity contribution in [2.75, 3.05) is 19.3 Å². The van der Waals surface area contributed by atoms with E-state index in [0.717, 1.165) is 37.0 Å². The first-order valence-corrected chi connectivity index (χ1v) is 8.40. The van der Waals surface area contributed by atoms with Crippen molar-refractivity contribution >= 4 is 5.82 Å². The topological polar surface area (TPSA) is 87.2 Å². The van der Waals surface area contributed by atoms with Gasteiger partial charge in [-0.2, -0.15) is 5.10 Å². The predicted octanol–water partition coefficient (Wildman–Crippen LogP) is 1.36. The number of likely N-dealkylation sites (N-methyl/N-ethyl adjacent to an activating group) is 1. The molecule has 3 atom stereocenters. The number of nitrogens with one attached hydrogen (secondary N) is 1. The minimum Gasteiger partial charge on any atom is -0.382 e. The molecule has 4 rings (SSSR count). The summed E-state index contributed by atoms with van der Waals surface area (Å²) >= 11 is 0. The van der Waals surface area contributed by atoms with E-state index in [4.69, 9.17) is 11.5 Å². The summed E-state index contributed by atoms with van der Waals surface area (Å²) in [5, 5.41) is 7.00. The second-order valence-corrected chi connectivity index (χ2v) is 7.07. The van der Waals surface area contributed by atoms with Gasteiger partial charge in [-0.15, -0.1) is 0 Å². The zero-order valence-corrected chi connectivity index (χ0v) is 14.0. The lowest BCUT2D eigenvalue weighted by Gasteiger charge is -2.44. The zero-order chi connectivity index (χ0) is 17.7. The van der Waals surface area contributed by atoms with Crippen LogP contribution in [-0.2, 0) is 13.1 Å². The third-order valence-electron chi connectivity index (χ3n) is 5.42. The lowest BCUT2D eigenvalue weighted by atomic mass is 9.88. The minimum absolute atomic E-state index is 0.230. The molecule has 1 saturated heterocycles. The second kappa shape index (κ2) is 6.05. The molecule has 0 amide bonds.